The minimum atomic E-state index is -0.0626. The Morgan fingerprint density at radius 1 is 1.00 bits per heavy atom. The normalized spacial score (nSPS) is 14.7. The van der Waals surface area contributed by atoms with Crippen molar-refractivity contribution >= 4 is 11.6 Å². The molecule has 1 aliphatic carbocycles. The molecule has 2 rings (SSSR count). The Hall–Kier alpha value is -1.74. The molecule has 18 heavy (non-hydrogen) atoms. The lowest BCUT2D eigenvalue weighted by Gasteiger charge is -2.22. The Kier molecular flexibility index (Phi) is 3.72. The van der Waals surface area contributed by atoms with Crippen LogP contribution in [0, 0.1) is 0 Å². The van der Waals surface area contributed by atoms with Gasteiger partial charge in [0, 0.05) is 23.2 Å². The average Bonchev–Trinajstić information content (AvgIpc) is 2.41. The highest BCUT2D eigenvalue weighted by Crippen LogP contribution is 2.21. The first kappa shape index (κ1) is 12.7. The molecule has 0 fully saturated rings. The van der Waals surface area contributed by atoms with Gasteiger partial charge in [-0.2, -0.15) is 0 Å². The summed E-state index contributed by atoms with van der Waals surface area (Å²) in [5.74, 6) is -0.0792. The topological polar surface area (TPSA) is 37.4 Å². The molecule has 0 N–H and O–H groups in total. The van der Waals surface area contributed by atoms with Gasteiger partial charge in [0.1, 0.15) is 0 Å². The van der Waals surface area contributed by atoms with Crippen molar-refractivity contribution in [3.8, 4) is 0 Å². The summed E-state index contributed by atoms with van der Waals surface area (Å²) >= 11 is 0. The summed E-state index contributed by atoms with van der Waals surface area (Å²) in [5.41, 5.74) is 1.65. The number of carbonyl (C=O) groups excluding carboxylic acids is 2. The molecule has 0 amide bonds. The highest BCUT2D eigenvalue weighted by molar-refractivity contribution is 6.24. The lowest BCUT2D eigenvalue weighted by atomic mass is 9.89. The van der Waals surface area contributed by atoms with Gasteiger partial charge in [0.15, 0.2) is 11.6 Å². The van der Waals surface area contributed by atoms with Gasteiger partial charge in [-0.25, -0.2) is 0 Å². The monoisotopic (exact) mass is 243 g/mol. The largest absolute Gasteiger partial charge is 0.299 e. The molecule has 0 unspecified atom stereocenters. The maximum absolute atomic E-state index is 12.3. The number of nitrogens with zero attached hydrogens (tertiary/aromatic N) is 1. The van der Waals surface area contributed by atoms with Crippen LogP contribution in [0.25, 0.3) is 0 Å². The third-order valence-electron chi connectivity index (χ3n) is 3.32. The molecule has 1 aliphatic rings. The van der Waals surface area contributed by atoms with E-state index in [1.165, 1.54) is 6.08 Å². The standard InChI is InChI=1S/C15H17NO2/c1-3-16(4-2)10-11-9-14(17)12-7-5-6-8-13(12)15(11)18/h5-9H,3-4,10H2,1-2H3. The molecule has 0 bridgehead atoms. The summed E-state index contributed by atoms with van der Waals surface area (Å²) in [7, 11) is 0. The molecule has 3 heteroatoms. The first-order chi connectivity index (χ1) is 8.67. The number of Topliss-reactive ketones (excluding diaryl/α,β-unsaturated/α-hetero) is 1. The maximum Gasteiger partial charge on any atom is 0.191 e. The fraction of sp³-hybridized carbons (Fsp3) is 0.333. The van der Waals surface area contributed by atoms with Crippen LogP contribution in [0.3, 0.4) is 0 Å². The minimum Gasteiger partial charge on any atom is -0.299 e. The highest BCUT2D eigenvalue weighted by atomic mass is 16.1. The maximum atomic E-state index is 12.3. The molecule has 94 valence electrons. The van der Waals surface area contributed by atoms with Gasteiger partial charge in [0.2, 0.25) is 0 Å². The predicted molar refractivity (Wildman–Crippen MR) is 71.0 cm³/mol. The zero-order valence-electron chi connectivity index (χ0n) is 10.8. The number of likely N-dealkylation sites (N-methyl/N-ethyl adjacent to an activating group) is 1. The van der Waals surface area contributed by atoms with E-state index in [4.69, 9.17) is 0 Å². The first-order valence-corrected chi connectivity index (χ1v) is 6.28. The molecule has 0 aliphatic heterocycles. The lowest BCUT2D eigenvalue weighted by Crippen LogP contribution is -2.30. The molecule has 3 nitrogen and oxygen atoms in total. The average molecular weight is 243 g/mol. The zero-order valence-corrected chi connectivity index (χ0v) is 10.8. The van der Waals surface area contributed by atoms with Crippen LogP contribution < -0.4 is 0 Å². The molecular weight excluding hydrogens is 226 g/mol. The lowest BCUT2D eigenvalue weighted by molar-refractivity contribution is 0.0976. The molecule has 0 radical (unpaired) electrons. The van der Waals surface area contributed by atoms with Crippen LogP contribution in [0.1, 0.15) is 34.6 Å². The number of rotatable bonds is 4. The van der Waals surface area contributed by atoms with E-state index in [-0.39, 0.29) is 11.6 Å². The minimum absolute atomic E-state index is 0.0166. The van der Waals surface area contributed by atoms with Crippen molar-refractivity contribution in [2.75, 3.05) is 19.6 Å². The molecule has 0 heterocycles. The van der Waals surface area contributed by atoms with Crippen molar-refractivity contribution in [2.24, 2.45) is 0 Å². The number of benzene rings is 1. The van der Waals surface area contributed by atoms with Crippen LogP contribution >= 0.6 is 0 Å². The Labute approximate surface area is 107 Å². The van der Waals surface area contributed by atoms with Crippen molar-refractivity contribution in [3.05, 3.63) is 47.0 Å². The van der Waals surface area contributed by atoms with Crippen molar-refractivity contribution in [2.45, 2.75) is 13.8 Å². The van der Waals surface area contributed by atoms with Crippen LogP contribution in [0.15, 0.2) is 35.9 Å². The summed E-state index contributed by atoms with van der Waals surface area (Å²) in [6.45, 7) is 6.39. The summed E-state index contributed by atoms with van der Waals surface area (Å²) < 4.78 is 0. The van der Waals surface area contributed by atoms with Crippen LogP contribution in [0.4, 0.5) is 0 Å². The molecule has 0 aromatic heterocycles. The summed E-state index contributed by atoms with van der Waals surface area (Å²) in [6.07, 6.45) is 1.49. The van der Waals surface area contributed by atoms with E-state index in [0.29, 0.717) is 23.2 Å². The number of ketones is 2. The molecule has 1 aromatic rings. The van der Waals surface area contributed by atoms with E-state index in [1.54, 1.807) is 24.3 Å². The third-order valence-corrected chi connectivity index (χ3v) is 3.32. The summed E-state index contributed by atoms with van der Waals surface area (Å²) in [5, 5.41) is 0. The van der Waals surface area contributed by atoms with Crippen molar-refractivity contribution in [1.29, 1.82) is 0 Å². The summed E-state index contributed by atoms with van der Waals surface area (Å²) in [4.78, 5) is 26.4. The zero-order chi connectivity index (χ0) is 13.1. The second-order valence-electron chi connectivity index (χ2n) is 4.37. The van der Waals surface area contributed by atoms with Crippen molar-refractivity contribution < 1.29 is 9.59 Å². The van der Waals surface area contributed by atoms with E-state index in [1.807, 2.05) is 13.8 Å². The molecule has 0 spiro atoms. The van der Waals surface area contributed by atoms with E-state index in [9.17, 15) is 9.59 Å². The van der Waals surface area contributed by atoms with E-state index in [2.05, 4.69) is 4.90 Å². The van der Waals surface area contributed by atoms with Gasteiger partial charge in [-0.1, -0.05) is 38.1 Å². The number of hydrogen-bond acceptors (Lipinski definition) is 3. The fourth-order valence-electron chi connectivity index (χ4n) is 2.18. The Morgan fingerprint density at radius 2 is 1.61 bits per heavy atom. The van der Waals surface area contributed by atoms with Crippen molar-refractivity contribution in [1.82, 2.24) is 4.90 Å². The van der Waals surface area contributed by atoms with E-state index in [0.717, 1.165) is 13.1 Å². The van der Waals surface area contributed by atoms with Gasteiger partial charge in [-0.05, 0) is 19.2 Å². The van der Waals surface area contributed by atoms with Crippen LogP contribution in [-0.4, -0.2) is 36.1 Å². The molecule has 0 atom stereocenters. The van der Waals surface area contributed by atoms with Gasteiger partial charge >= 0.3 is 0 Å². The number of fused-ring (bicyclic) bond motifs is 1. The van der Waals surface area contributed by atoms with Crippen LogP contribution in [0.2, 0.25) is 0 Å². The van der Waals surface area contributed by atoms with Crippen molar-refractivity contribution in [3.63, 3.8) is 0 Å². The number of carbonyl (C=O) groups is 2. The van der Waals surface area contributed by atoms with Gasteiger partial charge in [0.25, 0.3) is 0 Å². The predicted octanol–water partition coefficient (Wildman–Crippen LogP) is 2.33. The summed E-state index contributed by atoms with van der Waals surface area (Å²) in [6, 6.07) is 7.02. The van der Waals surface area contributed by atoms with E-state index >= 15 is 0 Å². The smallest absolute Gasteiger partial charge is 0.191 e. The molecule has 0 saturated heterocycles. The number of allylic oxidation sites excluding steroid dienone is 1. The van der Waals surface area contributed by atoms with Gasteiger partial charge in [-0.3, -0.25) is 14.5 Å². The first-order valence-electron chi connectivity index (χ1n) is 6.28. The molecular formula is C15H17NO2. The Balaban J connectivity index is 2.31. The number of hydrogen-bond donors (Lipinski definition) is 0. The fourth-order valence-corrected chi connectivity index (χ4v) is 2.18. The second-order valence-corrected chi connectivity index (χ2v) is 4.37. The van der Waals surface area contributed by atoms with Gasteiger partial charge in [-0.15, -0.1) is 0 Å². The Bertz CT molecular complexity index is 513. The highest BCUT2D eigenvalue weighted by Gasteiger charge is 2.25. The Morgan fingerprint density at radius 3 is 2.22 bits per heavy atom. The van der Waals surface area contributed by atoms with Gasteiger partial charge in [0.05, 0.1) is 0 Å². The van der Waals surface area contributed by atoms with Crippen LogP contribution in [0.5, 0.6) is 0 Å². The van der Waals surface area contributed by atoms with Crippen LogP contribution in [-0.2, 0) is 0 Å². The molecule has 0 saturated carbocycles. The van der Waals surface area contributed by atoms with E-state index < -0.39 is 0 Å². The molecule has 1 aromatic carbocycles. The third kappa shape index (κ3) is 2.27. The van der Waals surface area contributed by atoms with Gasteiger partial charge < -0.3 is 0 Å². The quantitative estimate of drug-likeness (QED) is 0.814. The SMILES string of the molecule is CCN(CC)CC1=CC(=O)c2ccccc2C1=O. The second kappa shape index (κ2) is 5.27.